The molecule has 1 unspecified atom stereocenters. The van der Waals surface area contributed by atoms with E-state index in [-0.39, 0.29) is 18.3 Å². The summed E-state index contributed by atoms with van der Waals surface area (Å²) in [5, 5.41) is 0. The molecule has 2 aliphatic carbocycles. The Kier molecular flexibility index (Phi) is 3.33. The Morgan fingerprint density at radius 1 is 1.30 bits per heavy atom. The summed E-state index contributed by atoms with van der Waals surface area (Å²) in [6.45, 7) is 2.16. The van der Waals surface area contributed by atoms with Gasteiger partial charge in [-0.15, -0.1) is 0 Å². The van der Waals surface area contributed by atoms with Crippen molar-refractivity contribution < 1.29 is 13.2 Å². The minimum Gasteiger partial charge on any atom is -0.345 e. The maximum absolute atomic E-state index is 12.9. The van der Waals surface area contributed by atoms with E-state index in [9.17, 15) is 13.2 Å². The van der Waals surface area contributed by atoms with Crippen LogP contribution in [0.4, 0.5) is 13.2 Å². The van der Waals surface area contributed by atoms with Crippen LogP contribution in [0, 0.1) is 5.92 Å². The number of hydrogen-bond donors (Lipinski definition) is 1. The van der Waals surface area contributed by atoms with Gasteiger partial charge < -0.3 is 4.98 Å². The topological polar surface area (TPSA) is 28.7 Å². The Hall–Kier alpha value is -1.00. The Bertz CT molecular complexity index is 484. The van der Waals surface area contributed by atoms with Crippen LogP contribution in [0.1, 0.15) is 62.7 Å². The van der Waals surface area contributed by atoms with E-state index < -0.39 is 12.1 Å². The number of aryl methyl sites for hydroxylation is 1. The third-order valence-corrected chi connectivity index (χ3v) is 5.25. The van der Waals surface area contributed by atoms with Gasteiger partial charge in [0.1, 0.15) is 5.82 Å². The third-order valence-electron chi connectivity index (χ3n) is 5.25. The second-order valence-corrected chi connectivity index (χ2v) is 6.33. The molecule has 0 radical (unpaired) electrons. The van der Waals surface area contributed by atoms with Crippen molar-refractivity contribution >= 4 is 0 Å². The number of nitrogens with zero attached hydrogens (tertiary/aromatic N) is 1. The Morgan fingerprint density at radius 2 is 2.00 bits per heavy atom. The highest BCUT2D eigenvalue weighted by Gasteiger charge is 2.43. The van der Waals surface area contributed by atoms with Crippen molar-refractivity contribution in [2.45, 2.75) is 69.9 Å². The summed E-state index contributed by atoms with van der Waals surface area (Å²) in [5.74, 6) is -0.255. The molecule has 1 heterocycles. The fraction of sp³-hybridized carbons (Fsp3) is 0.800. The zero-order chi connectivity index (χ0) is 14.4. The summed E-state index contributed by atoms with van der Waals surface area (Å²) >= 11 is 0. The van der Waals surface area contributed by atoms with Crippen molar-refractivity contribution in [2.24, 2.45) is 5.92 Å². The second-order valence-electron chi connectivity index (χ2n) is 6.33. The van der Waals surface area contributed by atoms with E-state index in [1.807, 2.05) is 0 Å². The van der Waals surface area contributed by atoms with Crippen LogP contribution in [-0.2, 0) is 18.3 Å². The molecule has 1 N–H and O–H groups in total. The van der Waals surface area contributed by atoms with Gasteiger partial charge in [0.25, 0.3) is 0 Å². The van der Waals surface area contributed by atoms with E-state index in [1.54, 1.807) is 0 Å². The van der Waals surface area contributed by atoms with Crippen molar-refractivity contribution in [1.29, 1.82) is 0 Å². The number of alkyl halides is 3. The van der Waals surface area contributed by atoms with Crippen molar-refractivity contribution in [3.05, 3.63) is 17.2 Å². The van der Waals surface area contributed by atoms with Gasteiger partial charge in [0.05, 0.1) is 11.6 Å². The molecule has 20 heavy (non-hydrogen) atoms. The average Bonchev–Trinajstić information content (AvgIpc) is 3.04. The largest absolute Gasteiger partial charge is 0.392 e. The standard InChI is InChI=1S/C15H21F3N2/c1-2-14(7-3-4-8-14)13-19-11-6-5-10(15(16,17)18)9-12(11)20-13/h10H,2-9H2,1H3,(H,19,20). The zero-order valence-electron chi connectivity index (χ0n) is 11.8. The molecule has 1 atom stereocenters. The summed E-state index contributed by atoms with van der Waals surface area (Å²) < 4.78 is 38.6. The molecule has 0 amide bonds. The number of aromatic amines is 1. The number of rotatable bonds is 2. The minimum absolute atomic E-state index is 0.0750. The fourth-order valence-corrected chi connectivity index (χ4v) is 3.82. The van der Waals surface area contributed by atoms with Crippen LogP contribution in [0.3, 0.4) is 0 Å². The lowest BCUT2D eigenvalue weighted by Crippen LogP contribution is -2.28. The predicted molar refractivity (Wildman–Crippen MR) is 70.6 cm³/mol. The van der Waals surface area contributed by atoms with E-state index in [0.29, 0.717) is 6.42 Å². The van der Waals surface area contributed by atoms with Gasteiger partial charge in [0.15, 0.2) is 0 Å². The van der Waals surface area contributed by atoms with Crippen LogP contribution in [0.5, 0.6) is 0 Å². The Morgan fingerprint density at radius 3 is 2.60 bits per heavy atom. The van der Waals surface area contributed by atoms with Crippen LogP contribution in [0.15, 0.2) is 0 Å². The SMILES string of the molecule is CCC1(c2nc3c([nH]2)CC(C(F)(F)F)CC3)CCCC1. The van der Waals surface area contributed by atoms with Gasteiger partial charge >= 0.3 is 6.18 Å². The highest BCUT2D eigenvalue weighted by atomic mass is 19.4. The molecule has 1 aromatic heterocycles. The summed E-state index contributed by atoms with van der Waals surface area (Å²) in [7, 11) is 0. The Balaban J connectivity index is 1.87. The highest BCUT2D eigenvalue weighted by Crippen LogP contribution is 2.44. The van der Waals surface area contributed by atoms with Gasteiger partial charge in [0, 0.05) is 17.5 Å². The van der Waals surface area contributed by atoms with Crippen LogP contribution >= 0.6 is 0 Å². The number of aromatic nitrogens is 2. The molecule has 2 nitrogen and oxygen atoms in total. The molecule has 3 rings (SSSR count). The van der Waals surface area contributed by atoms with E-state index in [4.69, 9.17) is 0 Å². The van der Waals surface area contributed by atoms with Gasteiger partial charge in [-0.2, -0.15) is 13.2 Å². The molecule has 0 saturated heterocycles. The predicted octanol–water partition coefficient (Wildman–Crippen LogP) is 4.30. The van der Waals surface area contributed by atoms with E-state index >= 15 is 0 Å². The molecule has 0 aromatic carbocycles. The molecule has 2 aliphatic rings. The lowest BCUT2D eigenvalue weighted by Gasteiger charge is -2.24. The molecule has 0 bridgehead atoms. The monoisotopic (exact) mass is 286 g/mol. The smallest absolute Gasteiger partial charge is 0.345 e. The molecule has 0 aliphatic heterocycles. The van der Waals surface area contributed by atoms with Gasteiger partial charge in [-0.25, -0.2) is 4.98 Å². The first-order valence-corrected chi connectivity index (χ1v) is 7.59. The summed E-state index contributed by atoms with van der Waals surface area (Å²) in [6, 6.07) is 0. The first-order valence-electron chi connectivity index (χ1n) is 7.59. The molecule has 112 valence electrons. The number of halogens is 3. The number of hydrogen-bond acceptors (Lipinski definition) is 1. The second kappa shape index (κ2) is 4.78. The van der Waals surface area contributed by atoms with Gasteiger partial charge in [0.2, 0.25) is 0 Å². The van der Waals surface area contributed by atoms with E-state index in [0.717, 1.165) is 36.5 Å². The minimum atomic E-state index is -4.08. The average molecular weight is 286 g/mol. The molecule has 1 saturated carbocycles. The molecular formula is C15H21F3N2. The lowest BCUT2D eigenvalue weighted by atomic mass is 9.83. The van der Waals surface area contributed by atoms with Gasteiger partial charge in [-0.05, 0) is 32.1 Å². The van der Waals surface area contributed by atoms with Crippen molar-refractivity contribution in [2.75, 3.05) is 0 Å². The van der Waals surface area contributed by atoms with Crippen LogP contribution in [0.25, 0.3) is 0 Å². The zero-order valence-corrected chi connectivity index (χ0v) is 11.8. The van der Waals surface area contributed by atoms with Gasteiger partial charge in [-0.3, -0.25) is 0 Å². The Labute approximate surface area is 117 Å². The lowest BCUT2D eigenvalue weighted by molar-refractivity contribution is -0.177. The van der Waals surface area contributed by atoms with Crippen molar-refractivity contribution in [1.82, 2.24) is 9.97 Å². The third kappa shape index (κ3) is 2.25. The maximum atomic E-state index is 12.9. The van der Waals surface area contributed by atoms with Crippen molar-refractivity contribution in [3.63, 3.8) is 0 Å². The van der Waals surface area contributed by atoms with E-state index in [2.05, 4.69) is 16.9 Å². The van der Waals surface area contributed by atoms with Gasteiger partial charge in [-0.1, -0.05) is 19.8 Å². The van der Waals surface area contributed by atoms with Crippen molar-refractivity contribution in [3.8, 4) is 0 Å². The summed E-state index contributed by atoms with van der Waals surface area (Å²) in [6.07, 6.45) is 2.26. The number of nitrogens with one attached hydrogen (secondary N) is 1. The first-order chi connectivity index (χ1) is 9.44. The van der Waals surface area contributed by atoms with Crippen LogP contribution in [0.2, 0.25) is 0 Å². The highest BCUT2D eigenvalue weighted by molar-refractivity contribution is 5.24. The van der Waals surface area contributed by atoms with Crippen LogP contribution < -0.4 is 0 Å². The number of H-pyrrole nitrogens is 1. The fourth-order valence-electron chi connectivity index (χ4n) is 3.82. The molecule has 1 fully saturated rings. The molecule has 5 heteroatoms. The van der Waals surface area contributed by atoms with E-state index in [1.165, 1.54) is 12.8 Å². The first kappa shape index (κ1) is 14.0. The molecule has 1 aromatic rings. The molecule has 0 spiro atoms. The molecular weight excluding hydrogens is 265 g/mol. The normalized spacial score (nSPS) is 25.7. The maximum Gasteiger partial charge on any atom is 0.392 e. The number of imidazole rings is 1. The number of fused-ring (bicyclic) bond motifs is 1. The van der Waals surface area contributed by atoms with Crippen LogP contribution in [-0.4, -0.2) is 16.1 Å². The quantitative estimate of drug-likeness (QED) is 0.862. The summed E-state index contributed by atoms with van der Waals surface area (Å²) in [4.78, 5) is 7.93. The summed E-state index contributed by atoms with van der Waals surface area (Å²) in [5.41, 5.74) is 1.69.